The summed E-state index contributed by atoms with van der Waals surface area (Å²) < 4.78 is 5.27. The molecule has 0 saturated heterocycles. The number of nitrogens with one attached hydrogen (secondary N) is 1. The maximum Gasteiger partial charge on any atom is 0.123 e. The normalized spacial score (nSPS) is 12.4. The fourth-order valence-corrected chi connectivity index (χ4v) is 1.94. The third-order valence-corrected chi connectivity index (χ3v) is 2.79. The van der Waals surface area contributed by atoms with E-state index < -0.39 is 0 Å². The molecule has 1 heterocycles. The zero-order chi connectivity index (χ0) is 11.4. The first kappa shape index (κ1) is 11.0. The number of methoxy groups -OCH3 is 1. The molecule has 84 valence electrons. The summed E-state index contributed by atoms with van der Waals surface area (Å²) in [4.78, 5) is 7.20. The molecule has 1 atom stereocenters. The molecule has 0 fully saturated rings. The van der Waals surface area contributed by atoms with Crippen molar-refractivity contribution in [3.63, 3.8) is 0 Å². The van der Waals surface area contributed by atoms with Gasteiger partial charge in [-0.3, -0.25) is 0 Å². The Morgan fingerprint density at radius 1 is 1.44 bits per heavy atom. The van der Waals surface area contributed by atoms with E-state index in [0.29, 0.717) is 6.42 Å². The number of para-hydroxylation sites is 1. The molecule has 4 heteroatoms. The number of benzene rings is 1. The number of imidazole rings is 1. The zero-order valence-electron chi connectivity index (χ0n) is 8.98. The van der Waals surface area contributed by atoms with Gasteiger partial charge in [-0.25, -0.2) is 4.98 Å². The highest BCUT2D eigenvalue weighted by Crippen LogP contribution is 2.31. The highest BCUT2D eigenvalue weighted by atomic mass is 35.5. The number of aromatic amines is 1. The molecular formula is C12H13ClN2O. The molecule has 0 spiro atoms. The Hall–Kier alpha value is -1.48. The van der Waals surface area contributed by atoms with Crippen molar-refractivity contribution in [2.75, 3.05) is 7.11 Å². The van der Waals surface area contributed by atoms with Crippen molar-refractivity contribution in [1.82, 2.24) is 9.97 Å². The molecule has 0 amide bonds. The molecule has 0 saturated carbocycles. The molecule has 3 nitrogen and oxygen atoms in total. The van der Waals surface area contributed by atoms with Crippen LogP contribution in [-0.2, 0) is 6.42 Å². The molecule has 2 rings (SSSR count). The molecule has 16 heavy (non-hydrogen) atoms. The Bertz CT molecular complexity index is 442. The third-order valence-electron chi connectivity index (χ3n) is 2.40. The van der Waals surface area contributed by atoms with Crippen molar-refractivity contribution in [3.05, 3.63) is 48.0 Å². The first-order chi connectivity index (χ1) is 7.81. The lowest BCUT2D eigenvalue weighted by atomic mass is 10.1. The summed E-state index contributed by atoms with van der Waals surface area (Å²) in [6.45, 7) is 0. The van der Waals surface area contributed by atoms with Gasteiger partial charge in [-0.05, 0) is 6.07 Å². The van der Waals surface area contributed by atoms with Crippen molar-refractivity contribution in [2.45, 2.75) is 11.8 Å². The number of nitrogens with zero attached hydrogens (tertiary/aromatic N) is 1. The largest absolute Gasteiger partial charge is 0.496 e. The van der Waals surface area contributed by atoms with Crippen LogP contribution >= 0.6 is 11.6 Å². The lowest BCUT2D eigenvalue weighted by molar-refractivity contribution is 0.409. The smallest absolute Gasteiger partial charge is 0.123 e. The number of hydrogen-bond donors (Lipinski definition) is 1. The van der Waals surface area contributed by atoms with Crippen LogP contribution in [0, 0.1) is 0 Å². The van der Waals surface area contributed by atoms with Gasteiger partial charge in [0.05, 0.1) is 12.5 Å². The molecule has 0 aliphatic carbocycles. The van der Waals surface area contributed by atoms with Gasteiger partial charge in [-0.15, -0.1) is 11.6 Å². The number of hydrogen-bond acceptors (Lipinski definition) is 2. The summed E-state index contributed by atoms with van der Waals surface area (Å²) in [5, 5.41) is -0.137. The SMILES string of the molecule is COc1ccccc1C(Cl)Cc1ncc[nH]1. The monoisotopic (exact) mass is 236 g/mol. The molecule has 1 unspecified atom stereocenters. The first-order valence-corrected chi connectivity index (χ1v) is 5.50. The van der Waals surface area contributed by atoms with Crippen LogP contribution in [0.5, 0.6) is 5.75 Å². The summed E-state index contributed by atoms with van der Waals surface area (Å²) in [5.41, 5.74) is 0.989. The highest BCUT2D eigenvalue weighted by Gasteiger charge is 2.14. The predicted octanol–water partition coefficient (Wildman–Crippen LogP) is 2.94. The van der Waals surface area contributed by atoms with E-state index in [4.69, 9.17) is 16.3 Å². The van der Waals surface area contributed by atoms with Crippen molar-refractivity contribution in [1.29, 1.82) is 0 Å². The fourth-order valence-electron chi connectivity index (χ4n) is 1.61. The Kier molecular flexibility index (Phi) is 3.47. The van der Waals surface area contributed by atoms with Crippen molar-refractivity contribution >= 4 is 11.6 Å². The Labute approximate surface area is 99.4 Å². The van der Waals surface area contributed by atoms with Crippen LogP contribution < -0.4 is 4.74 Å². The second-order valence-electron chi connectivity index (χ2n) is 3.45. The zero-order valence-corrected chi connectivity index (χ0v) is 9.74. The van der Waals surface area contributed by atoms with Gasteiger partial charge in [0.15, 0.2) is 0 Å². The molecule has 0 aliphatic rings. The van der Waals surface area contributed by atoms with E-state index in [9.17, 15) is 0 Å². The van der Waals surface area contributed by atoms with Crippen molar-refractivity contribution in [2.24, 2.45) is 0 Å². The van der Waals surface area contributed by atoms with Crippen LogP contribution in [0.25, 0.3) is 0 Å². The number of ether oxygens (including phenoxy) is 1. The summed E-state index contributed by atoms with van der Waals surface area (Å²) in [5.74, 6) is 1.69. The summed E-state index contributed by atoms with van der Waals surface area (Å²) in [6.07, 6.45) is 4.18. The molecule has 0 aliphatic heterocycles. The van der Waals surface area contributed by atoms with Crippen molar-refractivity contribution < 1.29 is 4.74 Å². The molecule has 0 radical (unpaired) electrons. The highest BCUT2D eigenvalue weighted by molar-refractivity contribution is 6.21. The molecule has 1 N–H and O–H groups in total. The van der Waals surface area contributed by atoms with Crippen LogP contribution in [0.3, 0.4) is 0 Å². The quantitative estimate of drug-likeness (QED) is 0.829. The topological polar surface area (TPSA) is 37.9 Å². The fraction of sp³-hybridized carbons (Fsp3) is 0.250. The number of aromatic nitrogens is 2. The summed E-state index contributed by atoms with van der Waals surface area (Å²) in [7, 11) is 1.65. The minimum Gasteiger partial charge on any atom is -0.496 e. The standard InChI is InChI=1S/C12H13ClN2O/c1-16-11-5-3-2-4-9(11)10(13)8-12-14-6-7-15-12/h2-7,10H,8H2,1H3,(H,14,15). The lowest BCUT2D eigenvalue weighted by Gasteiger charge is -2.12. The first-order valence-electron chi connectivity index (χ1n) is 5.06. The van der Waals surface area contributed by atoms with Gasteiger partial charge in [0.1, 0.15) is 11.6 Å². The summed E-state index contributed by atoms with van der Waals surface area (Å²) >= 11 is 6.34. The lowest BCUT2D eigenvalue weighted by Crippen LogP contribution is -2.00. The molecular weight excluding hydrogens is 224 g/mol. The van der Waals surface area contributed by atoms with E-state index in [1.807, 2.05) is 24.3 Å². The minimum absolute atomic E-state index is 0.137. The Morgan fingerprint density at radius 3 is 2.94 bits per heavy atom. The van der Waals surface area contributed by atoms with Gasteiger partial charge in [0.25, 0.3) is 0 Å². The molecule has 2 aromatic rings. The van der Waals surface area contributed by atoms with E-state index >= 15 is 0 Å². The van der Waals surface area contributed by atoms with Crippen LogP contribution in [0.2, 0.25) is 0 Å². The molecule has 0 bridgehead atoms. The van der Waals surface area contributed by atoms with E-state index in [1.165, 1.54) is 0 Å². The van der Waals surface area contributed by atoms with Gasteiger partial charge >= 0.3 is 0 Å². The van der Waals surface area contributed by atoms with E-state index in [2.05, 4.69) is 9.97 Å². The number of H-pyrrole nitrogens is 1. The van der Waals surface area contributed by atoms with Gasteiger partial charge < -0.3 is 9.72 Å². The Balaban J connectivity index is 2.17. The van der Waals surface area contributed by atoms with Gasteiger partial charge in [0, 0.05) is 24.4 Å². The van der Waals surface area contributed by atoms with E-state index in [1.54, 1.807) is 19.5 Å². The predicted molar refractivity (Wildman–Crippen MR) is 63.9 cm³/mol. The number of rotatable bonds is 4. The van der Waals surface area contributed by atoms with Crippen LogP contribution in [0.4, 0.5) is 0 Å². The van der Waals surface area contributed by atoms with Crippen molar-refractivity contribution in [3.8, 4) is 5.75 Å². The van der Waals surface area contributed by atoms with E-state index in [-0.39, 0.29) is 5.38 Å². The average Bonchev–Trinajstić information content (AvgIpc) is 2.81. The second-order valence-corrected chi connectivity index (χ2v) is 3.98. The number of halogens is 1. The Morgan fingerprint density at radius 2 is 2.25 bits per heavy atom. The molecule has 1 aromatic heterocycles. The average molecular weight is 237 g/mol. The van der Waals surface area contributed by atoms with Crippen LogP contribution in [0.1, 0.15) is 16.8 Å². The van der Waals surface area contributed by atoms with Gasteiger partial charge in [-0.2, -0.15) is 0 Å². The second kappa shape index (κ2) is 5.03. The van der Waals surface area contributed by atoms with Crippen LogP contribution in [-0.4, -0.2) is 17.1 Å². The van der Waals surface area contributed by atoms with E-state index in [0.717, 1.165) is 17.1 Å². The molecule has 1 aromatic carbocycles. The van der Waals surface area contributed by atoms with Crippen LogP contribution in [0.15, 0.2) is 36.7 Å². The minimum atomic E-state index is -0.137. The maximum atomic E-state index is 6.34. The third kappa shape index (κ3) is 2.36. The number of alkyl halides is 1. The van der Waals surface area contributed by atoms with Gasteiger partial charge in [-0.1, -0.05) is 18.2 Å². The summed E-state index contributed by atoms with van der Waals surface area (Å²) in [6, 6.07) is 7.76. The van der Waals surface area contributed by atoms with Gasteiger partial charge in [0.2, 0.25) is 0 Å². The maximum absolute atomic E-state index is 6.34.